The minimum atomic E-state index is -0.788. The molecule has 0 aliphatic heterocycles. The lowest BCUT2D eigenvalue weighted by molar-refractivity contribution is 0.200. The number of rotatable bonds is 2. The number of hydrogen-bond donors (Lipinski definition) is 1. The van der Waals surface area contributed by atoms with E-state index in [0.29, 0.717) is 27.1 Å². The molecule has 1 heterocycles. The molecule has 0 aliphatic rings. The molecule has 1 atom stereocenters. The van der Waals surface area contributed by atoms with E-state index in [2.05, 4.69) is 0 Å². The zero-order valence-corrected chi connectivity index (χ0v) is 10.4. The van der Waals surface area contributed by atoms with Gasteiger partial charge in [0.25, 0.3) is 0 Å². The minimum absolute atomic E-state index is 0.0167. The number of aliphatic hydroxyl groups is 1. The lowest BCUT2D eigenvalue weighted by atomic mass is 10.1. The summed E-state index contributed by atoms with van der Waals surface area (Å²) in [4.78, 5) is 0. The number of aliphatic hydroxyl groups excluding tert-OH is 1. The SMILES string of the molecule is CC(O)c1cc(Cl)cc2c(C#N)cn(SF)c12. The van der Waals surface area contributed by atoms with Crippen molar-refractivity contribution < 1.29 is 8.99 Å². The number of benzene rings is 1. The summed E-state index contributed by atoms with van der Waals surface area (Å²) < 4.78 is 14.0. The van der Waals surface area contributed by atoms with Crippen molar-refractivity contribution in [3.63, 3.8) is 0 Å². The van der Waals surface area contributed by atoms with Crippen LogP contribution in [0.5, 0.6) is 0 Å². The Balaban J connectivity index is 2.91. The van der Waals surface area contributed by atoms with E-state index in [1.54, 1.807) is 19.1 Å². The molecule has 88 valence electrons. The van der Waals surface area contributed by atoms with Crippen molar-refractivity contribution in [2.75, 3.05) is 0 Å². The lowest BCUT2D eigenvalue weighted by Gasteiger charge is -2.09. The normalized spacial score (nSPS) is 12.6. The van der Waals surface area contributed by atoms with Crippen LogP contribution in [-0.2, 0) is 0 Å². The first-order valence-electron chi connectivity index (χ1n) is 4.80. The summed E-state index contributed by atoms with van der Waals surface area (Å²) in [5.41, 5.74) is 1.31. The molecule has 6 heteroatoms. The van der Waals surface area contributed by atoms with Gasteiger partial charge in [-0.05, 0) is 19.1 Å². The monoisotopic (exact) mass is 270 g/mol. The summed E-state index contributed by atoms with van der Waals surface area (Å²) in [6, 6.07) is 5.14. The maximum atomic E-state index is 12.8. The molecule has 1 N–H and O–H groups in total. The van der Waals surface area contributed by atoms with Crippen LogP contribution in [0.15, 0.2) is 18.3 Å². The van der Waals surface area contributed by atoms with Crippen molar-refractivity contribution in [3.05, 3.63) is 34.5 Å². The van der Waals surface area contributed by atoms with E-state index in [0.717, 1.165) is 0 Å². The van der Waals surface area contributed by atoms with Gasteiger partial charge in [-0.25, -0.2) is 0 Å². The molecule has 2 aromatic rings. The molecule has 0 saturated carbocycles. The van der Waals surface area contributed by atoms with Gasteiger partial charge in [0.05, 0.1) is 17.2 Å². The van der Waals surface area contributed by atoms with Gasteiger partial charge in [-0.15, -0.1) is 3.89 Å². The highest BCUT2D eigenvalue weighted by atomic mass is 35.5. The molecule has 17 heavy (non-hydrogen) atoms. The number of halogens is 2. The number of nitriles is 1. The zero-order chi connectivity index (χ0) is 12.6. The molecular weight excluding hydrogens is 263 g/mol. The molecule has 1 unspecified atom stereocenters. The molecule has 0 amide bonds. The van der Waals surface area contributed by atoms with Crippen molar-refractivity contribution in [3.8, 4) is 6.07 Å². The maximum absolute atomic E-state index is 12.8. The summed E-state index contributed by atoms with van der Waals surface area (Å²) in [5, 5.41) is 19.6. The molecule has 1 aromatic carbocycles. The van der Waals surface area contributed by atoms with Gasteiger partial charge in [-0.1, -0.05) is 11.6 Å². The Labute approximate surface area is 107 Å². The maximum Gasteiger partial charge on any atom is 0.169 e. The van der Waals surface area contributed by atoms with Crippen molar-refractivity contribution >= 4 is 34.8 Å². The molecule has 0 radical (unpaired) electrons. The van der Waals surface area contributed by atoms with Crippen LogP contribution in [0.25, 0.3) is 10.9 Å². The Morgan fingerprint density at radius 2 is 2.29 bits per heavy atom. The standard InChI is InChI=1S/C11H8ClFN2OS/c1-6(16)9-2-8(12)3-10-7(4-14)5-15(17-13)11(9)10/h2-3,5-6,16H,1H3. The van der Waals surface area contributed by atoms with Crippen molar-refractivity contribution in [1.82, 2.24) is 3.97 Å². The summed E-state index contributed by atoms with van der Waals surface area (Å²) in [7, 11) is 0. The first-order valence-corrected chi connectivity index (χ1v) is 5.85. The fourth-order valence-electron chi connectivity index (χ4n) is 1.78. The fraction of sp³-hybridized carbons (Fsp3) is 0.182. The van der Waals surface area contributed by atoms with E-state index in [1.165, 1.54) is 10.2 Å². The number of aromatic nitrogens is 1. The van der Waals surface area contributed by atoms with Gasteiger partial charge in [0.1, 0.15) is 6.07 Å². The zero-order valence-electron chi connectivity index (χ0n) is 8.82. The Morgan fingerprint density at radius 1 is 1.59 bits per heavy atom. The molecule has 0 bridgehead atoms. The van der Waals surface area contributed by atoms with E-state index >= 15 is 0 Å². The average Bonchev–Trinajstić information content (AvgIpc) is 2.65. The average molecular weight is 271 g/mol. The molecule has 2 rings (SSSR count). The van der Waals surface area contributed by atoms with Gasteiger partial charge in [-0.2, -0.15) is 5.26 Å². The van der Waals surface area contributed by atoms with Crippen LogP contribution >= 0.6 is 23.9 Å². The second-order valence-corrected chi connectivity index (χ2v) is 4.58. The summed E-state index contributed by atoms with van der Waals surface area (Å²) in [6.45, 7) is 1.57. The molecule has 0 saturated heterocycles. The second-order valence-electron chi connectivity index (χ2n) is 3.62. The van der Waals surface area contributed by atoms with Crippen molar-refractivity contribution in [2.45, 2.75) is 13.0 Å². The molecular formula is C11H8ClFN2OS. The van der Waals surface area contributed by atoms with Crippen molar-refractivity contribution in [2.24, 2.45) is 0 Å². The molecule has 0 aliphatic carbocycles. The molecule has 0 spiro atoms. The van der Waals surface area contributed by atoms with Gasteiger partial charge in [-0.3, -0.25) is 3.97 Å². The van der Waals surface area contributed by atoms with E-state index in [1.807, 2.05) is 6.07 Å². The third kappa shape index (κ3) is 2.00. The molecule has 3 nitrogen and oxygen atoms in total. The third-order valence-electron chi connectivity index (χ3n) is 2.51. The Hall–Kier alpha value is -1.22. The highest BCUT2D eigenvalue weighted by Gasteiger charge is 2.16. The van der Waals surface area contributed by atoms with Gasteiger partial charge < -0.3 is 5.11 Å². The smallest absolute Gasteiger partial charge is 0.169 e. The summed E-state index contributed by atoms with van der Waals surface area (Å²) >= 11 is 5.90. The van der Waals surface area contributed by atoms with Crippen LogP contribution in [0.3, 0.4) is 0 Å². The van der Waals surface area contributed by atoms with Gasteiger partial charge in [0.15, 0.2) is 12.3 Å². The number of fused-ring (bicyclic) bond motifs is 1. The minimum Gasteiger partial charge on any atom is -0.389 e. The fourth-order valence-corrected chi connectivity index (χ4v) is 2.43. The van der Waals surface area contributed by atoms with E-state index < -0.39 is 6.10 Å². The van der Waals surface area contributed by atoms with Crippen LogP contribution in [-0.4, -0.2) is 9.08 Å². The first kappa shape index (κ1) is 12.2. The van der Waals surface area contributed by atoms with Crippen LogP contribution in [0.1, 0.15) is 24.2 Å². The van der Waals surface area contributed by atoms with E-state index in [9.17, 15) is 8.99 Å². The van der Waals surface area contributed by atoms with E-state index in [4.69, 9.17) is 16.9 Å². The van der Waals surface area contributed by atoms with Crippen molar-refractivity contribution in [1.29, 1.82) is 5.26 Å². The number of nitrogens with zero attached hydrogens (tertiary/aromatic N) is 2. The molecule has 0 fully saturated rings. The predicted octanol–water partition coefficient (Wildman–Crippen LogP) is 3.60. The summed E-state index contributed by atoms with van der Waals surface area (Å²) in [6.07, 6.45) is 0.598. The Bertz CT molecular complexity index is 618. The van der Waals surface area contributed by atoms with Crippen LogP contribution < -0.4 is 0 Å². The van der Waals surface area contributed by atoms with Gasteiger partial charge >= 0.3 is 0 Å². The summed E-state index contributed by atoms with van der Waals surface area (Å²) in [5.74, 6) is 0. The third-order valence-corrected chi connectivity index (χ3v) is 3.16. The van der Waals surface area contributed by atoms with Crippen LogP contribution in [0.2, 0.25) is 5.02 Å². The van der Waals surface area contributed by atoms with Gasteiger partial charge in [0.2, 0.25) is 0 Å². The topological polar surface area (TPSA) is 48.9 Å². The number of hydrogen-bond acceptors (Lipinski definition) is 3. The van der Waals surface area contributed by atoms with Crippen LogP contribution in [0.4, 0.5) is 3.89 Å². The lowest BCUT2D eigenvalue weighted by Crippen LogP contribution is -1.95. The molecule has 1 aromatic heterocycles. The Kier molecular flexibility index (Phi) is 3.29. The van der Waals surface area contributed by atoms with E-state index in [-0.39, 0.29) is 12.3 Å². The first-order chi connectivity index (χ1) is 8.08. The second kappa shape index (κ2) is 4.57. The predicted molar refractivity (Wildman–Crippen MR) is 66.4 cm³/mol. The Morgan fingerprint density at radius 3 is 2.82 bits per heavy atom. The van der Waals surface area contributed by atoms with Crippen LogP contribution in [0, 0.1) is 11.3 Å². The quantitative estimate of drug-likeness (QED) is 0.907. The highest BCUT2D eigenvalue weighted by Crippen LogP contribution is 2.34. The largest absolute Gasteiger partial charge is 0.389 e. The van der Waals surface area contributed by atoms with Gasteiger partial charge in [0, 0.05) is 22.2 Å². The highest BCUT2D eigenvalue weighted by molar-refractivity contribution is 7.92.